The van der Waals surface area contributed by atoms with Gasteiger partial charge in [0.05, 0.1) is 3.26 Å². The molecule has 0 aromatic carbocycles. The Morgan fingerprint density at radius 3 is 2.57 bits per heavy atom. The van der Waals surface area contributed by atoms with Crippen LogP contribution in [0.25, 0.3) is 0 Å². The Labute approximate surface area is 68.4 Å². The highest BCUT2D eigenvalue weighted by atomic mass is 127. The first kappa shape index (κ1) is 8.43. The first-order chi connectivity index (χ1) is 3.27. The van der Waals surface area contributed by atoms with Gasteiger partial charge < -0.3 is 0 Å². The highest BCUT2D eigenvalue weighted by molar-refractivity contribution is 14.1. The zero-order chi connectivity index (χ0) is 5.70. The quantitative estimate of drug-likeness (QED) is 0.454. The molecule has 1 unspecified atom stereocenters. The summed E-state index contributed by atoms with van der Waals surface area (Å²) in [6.07, 6.45) is 3.33. The second kappa shape index (κ2) is 5.56. The van der Waals surface area contributed by atoms with Crippen molar-refractivity contribution in [3.8, 4) is 0 Å². The third-order valence-electron chi connectivity index (χ3n) is 0.560. The van der Waals surface area contributed by atoms with E-state index in [1.54, 1.807) is 0 Å². The lowest BCUT2D eigenvalue weighted by molar-refractivity contribution is 1.11. The van der Waals surface area contributed by atoms with Gasteiger partial charge in [-0.2, -0.15) is 24.4 Å². The van der Waals surface area contributed by atoms with E-state index in [-0.39, 0.29) is 0 Å². The fourth-order valence-corrected chi connectivity index (χ4v) is 1.72. The van der Waals surface area contributed by atoms with Crippen molar-refractivity contribution in [2.24, 2.45) is 0 Å². The molecule has 0 saturated heterocycles. The molecule has 0 nitrogen and oxygen atoms in total. The molecule has 0 saturated carbocycles. The van der Waals surface area contributed by atoms with Crippen molar-refractivity contribution < 1.29 is 0 Å². The van der Waals surface area contributed by atoms with Gasteiger partial charge in [-0.05, 0) is 18.4 Å². The van der Waals surface area contributed by atoms with Crippen LogP contribution in [-0.2, 0) is 0 Å². The van der Waals surface area contributed by atoms with Crippen LogP contribution in [-0.4, -0.2) is 15.3 Å². The summed E-state index contributed by atoms with van der Waals surface area (Å²) < 4.78 is 0.546. The molecule has 0 rings (SSSR count). The maximum Gasteiger partial charge on any atom is 0.0542 e. The van der Waals surface area contributed by atoms with E-state index in [1.165, 1.54) is 12.2 Å². The van der Waals surface area contributed by atoms with Crippen LogP contribution < -0.4 is 0 Å². The summed E-state index contributed by atoms with van der Waals surface area (Å²) in [6, 6.07) is 0. The molecule has 0 aromatic rings. The van der Waals surface area contributed by atoms with Gasteiger partial charge in [-0.3, -0.25) is 0 Å². The van der Waals surface area contributed by atoms with Crippen molar-refractivity contribution in [2.75, 3.05) is 12.0 Å². The summed E-state index contributed by atoms with van der Waals surface area (Å²) in [5, 5.41) is 0. The molecule has 0 aliphatic heterocycles. The third-order valence-corrected chi connectivity index (χ3v) is 2.09. The number of hydrogen-bond donors (Lipinski definition) is 1. The van der Waals surface area contributed by atoms with Crippen LogP contribution in [0, 0.1) is 0 Å². The van der Waals surface area contributed by atoms with E-state index in [0.717, 1.165) is 0 Å². The van der Waals surface area contributed by atoms with Crippen LogP contribution in [0.15, 0.2) is 0 Å². The number of thioether (sulfide) groups is 1. The first-order valence-corrected chi connectivity index (χ1v) is 5.24. The second-order valence-electron chi connectivity index (χ2n) is 1.22. The number of hydrogen-bond acceptors (Lipinski definition) is 2. The number of alkyl halides is 1. The predicted octanol–water partition coefficient (Wildman–Crippen LogP) is 2.43. The van der Waals surface area contributed by atoms with Crippen LogP contribution in [0.4, 0.5) is 0 Å². The molecule has 44 valence electrons. The van der Waals surface area contributed by atoms with Gasteiger partial charge in [0.2, 0.25) is 0 Å². The van der Waals surface area contributed by atoms with Gasteiger partial charge in [0.1, 0.15) is 0 Å². The second-order valence-corrected chi connectivity index (χ2v) is 5.31. The highest BCUT2D eigenvalue weighted by Gasteiger charge is 1.91. The summed E-state index contributed by atoms with van der Waals surface area (Å²) >= 11 is 8.40. The van der Waals surface area contributed by atoms with E-state index < -0.39 is 0 Å². The maximum absolute atomic E-state index is 4.21. The third kappa shape index (κ3) is 7.43. The Balaban J connectivity index is 2.68. The van der Waals surface area contributed by atoms with Crippen LogP contribution in [0.5, 0.6) is 0 Å². The highest BCUT2D eigenvalue weighted by Crippen LogP contribution is 2.11. The van der Waals surface area contributed by atoms with Gasteiger partial charge in [-0.1, -0.05) is 22.6 Å². The Hall–Kier alpha value is 1.43. The van der Waals surface area contributed by atoms with Gasteiger partial charge in [0.25, 0.3) is 0 Å². The smallest absolute Gasteiger partial charge is 0.0542 e. The maximum atomic E-state index is 4.21. The largest absolute Gasteiger partial charge is 0.165 e. The van der Waals surface area contributed by atoms with Gasteiger partial charge >= 0.3 is 0 Å². The van der Waals surface area contributed by atoms with Crippen molar-refractivity contribution in [3.05, 3.63) is 0 Å². The minimum absolute atomic E-state index is 0.546. The van der Waals surface area contributed by atoms with Crippen molar-refractivity contribution in [3.63, 3.8) is 0 Å². The Kier molecular flexibility index (Phi) is 6.70. The van der Waals surface area contributed by atoms with Gasteiger partial charge in [0.15, 0.2) is 0 Å². The first-order valence-electron chi connectivity index (χ1n) is 2.08. The lowest BCUT2D eigenvalue weighted by Crippen LogP contribution is -1.86. The van der Waals surface area contributed by atoms with Crippen LogP contribution in [0.3, 0.4) is 0 Å². The topological polar surface area (TPSA) is 0 Å². The molecule has 0 aliphatic rings. The van der Waals surface area contributed by atoms with Crippen molar-refractivity contribution >= 4 is 47.0 Å². The van der Waals surface area contributed by atoms with Crippen molar-refractivity contribution in [1.29, 1.82) is 0 Å². The zero-order valence-electron chi connectivity index (χ0n) is 4.22. The lowest BCUT2D eigenvalue weighted by Gasteiger charge is -1.96. The molecule has 0 fully saturated rings. The van der Waals surface area contributed by atoms with Crippen LogP contribution in [0.2, 0.25) is 0 Å². The molecule has 0 aliphatic carbocycles. The number of rotatable bonds is 3. The molecule has 3 heteroatoms. The summed E-state index contributed by atoms with van der Waals surface area (Å²) in [5.41, 5.74) is 0. The monoisotopic (exact) mass is 248 g/mol. The Morgan fingerprint density at radius 1 is 1.86 bits per heavy atom. The molecule has 7 heavy (non-hydrogen) atoms. The summed E-state index contributed by atoms with van der Waals surface area (Å²) in [7, 11) is 0. The predicted molar refractivity (Wildman–Crippen MR) is 49.8 cm³/mol. The van der Waals surface area contributed by atoms with E-state index in [0.29, 0.717) is 3.26 Å². The molecule has 0 bridgehead atoms. The molecule has 1 atom stereocenters. The fourth-order valence-electron chi connectivity index (χ4n) is 0.215. The van der Waals surface area contributed by atoms with Gasteiger partial charge in [0, 0.05) is 0 Å². The molecule has 0 amide bonds. The van der Waals surface area contributed by atoms with E-state index in [1.807, 2.05) is 11.8 Å². The van der Waals surface area contributed by atoms with Gasteiger partial charge in [-0.15, -0.1) is 0 Å². The summed E-state index contributed by atoms with van der Waals surface area (Å²) in [6.45, 7) is 0. The van der Waals surface area contributed by atoms with Crippen LogP contribution in [0.1, 0.15) is 6.42 Å². The van der Waals surface area contributed by atoms with Crippen molar-refractivity contribution in [2.45, 2.75) is 9.68 Å². The number of halogens is 1. The average molecular weight is 248 g/mol. The van der Waals surface area contributed by atoms with Crippen LogP contribution >= 0.6 is 47.0 Å². The Bertz CT molecular complexity index is 38.7. The minimum Gasteiger partial charge on any atom is -0.165 e. The van der Waals surface area contributed by atoms with E-state index >= 15 is 0 Å². The lowest BCUT2D eigenvalue weighted by atomic mass is 10.6. The molecule has 0 heterocycles. The average Bonchev–Trinajstić information content (AvgIpc) is 1.61. The normalized spacial score (nSPS) is 14.1. The SMILES string of the molecule is CSCCC(S)I. The minimum atomic E-state index is 0.546. The molecular formula is C4H9IS2. The fraction of sp³-hybridized carbons (Fsp3) is 1.00. The number of thiol groups is 1. The molecule has 0 spiro atoms. The van der Waals surface area contributed by atoms with E-state index in [9.17, 15) is 0 Å². The Morgan fingerprint density at radius 2 is 2.43 bits per heavy atom. The zero-order valence-corrected chi connectivity index (χ0v) is 8.09. The van der Waals surface area contributed by atoms with Gasteiger partial charge in [-0.25, -0.2) is 0 Å². The van der Waals surface area contributed by atoms with Crippen molar-refractivity contribution in [1.82, 2.24) is 0 Å². The molecule has 0 N–H and O–H groups in total. The van der Waals surface area contributed by atoms with E-state index in [4.69, 9.17) is 0 Å². The molecule has 0 aromatic heterocycles. The summed E-state index contributed by atoms with van der Waals surface area (Å²) in [4.78, 5) is 0. The summed E-state index contributed by atoms with van der Waals surface area (Å²) in [5.74, 6) is 1.23. The molecular weight excluding hydrogens is 239 g/mol. The molecule has 0 radical (unpaired) electrons. The standard InChI is InChI=1S/C4H9IS2/c1-7-3-2-4(5)6/h4,6H,2-3H2,1H3. The van der Waals surface area contributed by atoms with E-state index in [2.05, 4.69) is 41.5 Å².